The van der Waals surface area contributed by atoms with E-state index in [9.17, 15) is 18.0 Å². The van der Waals surface area contributed by atoms with Crippen LogP contribution in [0.3, 0.4) is 0 Å². The van der Waals surface area contributed by atoms with E-state index in [0.717, 1.165) is 12.1 Å². The van der Waals surface area contributed by atoms with Crippen LogP contribution in [0.2, 0.25) is 0 Å². The van der Waals surface area contributed by atoms with Gasteiger partial charge in [-0.3, -0.25) is 9.63 Å². The summed E-state index contributed by atoms with van der Waals surface area (Å²) in [5.41, 5.74) is 7.05. The van der Waals surface area contributed by atoms with E-state index in [2.05, 4.69) is 10.2 Å². The van der Waals surface area contributed by atoms with Crippen LogP contribution in [-0.2, 0) is 11.3 Å². The molecule has 6 nitrogen and oxygen atoms in total. The van der Waals surface area contributed by atoms with Crippen molar-refractivity contribution < 1.29 is 27.9 Å². The molecule has 0 fully saturated rings. The van der Waals surface area contributed by atoms with Gasteiger partial charge in [-0.1, -0.05) is 6.07 Å². The zero-order chi connectivity index (χ0) is 19.1. The van der Waals surface area contributed by atoms with Gasteiger partial charge in [0.2, 0.25) is 0 Å². The molecule has 2 rings (SSSR count). The van der Waals surface area contributed by atoms with Crippen LogP contribution >= 0.6 is 0 Å². The average Bonchev–Trinajstić information content (AvgIpc) is 2.61. The zero-order valence-electron chi connectivity index (χ0n) is 13.7. The van der Waals surface area contributed by atoms with Crippen molar-refractivity contribution in [3.05, 3.63) is 58.9 Å². The van der Waals surface area contributed by atoms with Crippen LogP contribution in [0.25, 0.3) is 0 Å². The minimum atomic E-state index is -1.34. The van der Waals surface area contributed by atoms with Crippen molar-refractivity contribution in [2.45, 2.75) is 6.42 Å². The minimum absolute atomic E-state index is 0.138. The molecule has 5 N–H and O–H groups in total. The normalized spacial score (nSPS) is 10.7. The number of aliphatic hydroxyl groups excluding tert-OH is 1. The smallest absolute Gasteiger partial charge is 0.277 e. The number of carbonyl (C=O) groups excluding carboxylic acids is 1. The molecule has 0 saturated heterocycles. The van der Waals surface area contributed by atoms with Crippen LogP contribution in [0.4, 0.5) is 24.5 Å². The highest BCUT2D eigenvalue weighted by molar-refractivity contribution is 5.99. The molecule has 0 unspecified atom stereocenters. The summed E-state index contributed by atoms with van der Waals surface area (Å²) < 4.78 is 42.0. The molecule has 2 aromatic rings. The predicted molar refractivity (Wildman–Crippen MR) is 89.3 cm³/mol. The summed E-state index contributed by atoms with van der Waals surface area (Å²) in [7, 11) is 0. The Labute approximate surface area is 147 Å². The van der Waals surface area contributed by atoms with Crippen molar-refractivity contribution in [3.63, 3.8) is 0 Å². The SMILES string of the molecule is NCCc1ccc(Nc2c(C(=O)NOCCO)ccc(F)c2F)c(F)c1. The summed E-state index contributed by atoms with van der Waals surface area (Å²) >= 11 is 0. The van der Waals surface area contributed by atoms with Gasteiger partial charge in [0.15, 0.2) is 11.6 Å². The highest BCUT2D eigenvalue weighted by Crippen LogP contribution is 2.28. The minimum Gasteiger partial charge on any atom is -0.394 e. The largest absolute Gasteiger partial charge is 0.394 e. The maximum atomic E-state index is 14.2. The van der Waals surface area contributed by atoms with Gasteiger partial charge in [-0.2, -0.15) is 0 Å². The van der Waals surface area contributed by atoms with E-state index >= 15 is 0 Å². The lowest BCUT2D eigenvalue weighted by Crippen LogP contribution is -2.26. The fourth-order valence-electron chi connectivity index (χ4n) is 2.20. The van der Waals surface area contributed by atoms with Gasteiger partial charge in [-0.25, -0.2) is 18.7 Å². The molecule has 2 aromatic carbocycles. The molecule has 140 valence electrons. The Morgan fingerprint density at radius 2 is 1.92 bits per heavy atom. The highest BCUT2D eigenvalue weighted by atomic mass is 19.2. The highest BCUT2D eigenvalue weighted by Gasteiger charge is 2.20. The van der Waals surface area contributed by atoms with E-state index in [4.69, 9.17) is 10.8 Å². The van der Waals surface area contributed by atoms with Crippen molar-refractivity contribution in [2.24, 2.45) is 5.73 Å². The molecule has 0 aromatic heterocycles. The maximum absolute atomic E-state index is 14.2. The number of rotatable bonds is 8. The number of carbonyl (C=O) groups is 1. The molecule has 0 aliphatic heterocycles. The number of nitrogens with two attached hydrogens (primary N) is 1. The Morgan fingerprint density at radius 1 is 1.15 bits per heavy atom. The van der Waals surface area contributed by atoms with Crippen LogP contribution in [0.1, 0.15) is 15.9 Å². The molecule has 0 aliphatic carbocycles. The van der Waals surface area contributed by atoms with Gasteiger partial charge in [0, 0.05) is 0 Å². The fourth-order valence-corrected chi connectivity index (χ4v) is 2.20. The number of aliphatic hydroxyl groups is 1. The number of halogens is 3. The topological polar surface area (TPSA) is 96.6 Å². The Balaban J connectivity index is 2.33. The molecule has 0 spiro atoms. The predicted octanol–water partition coefficient (Wildman–Crippen LogP) is 2.00. The first-order chi connectivity index (χ1) is 12.5. The molecule has 0 saturated carbocycles. The average molecular weight is 369 g/mol. The number of hydrogen-bond donors (Lipinski definition) is 4. The van der Waals surface area contributed by atoms with Gasteiger partial charge in [-0.15, -0.1) is 0 Å². The van der Waals surface area contributed by atoms with Gasteiger partial charge < -0.3 is 16.2 Å². The van der Waals surface area contributed by atoms with E-state index in [1.54, 1.807) is 6.07 Å². The van der Waals surface area contributed by atoms with E-state index in [1.807, 2.05) is 5.48 Å². The van der Waals surface area contributed by atoms with Crippen molar-refractivity contribution >= 4 is 17.3 Å². The van der Waals surface area contributed by atoms with Crippen molar-refractivity contribution in [1.29, 1.82) is 0 Å². The lowest BCUT2D eigenvalue weighted by Gasteiger charge is -2.14. The first-order valence-electron chi connectivity index (χ1n) is 7.74. The van der Waals surface area contributed by atoms with Gasteiger partial charge >= 0.3 is 0 Å². The Morgan fingerprint density at radius 3 is 2.58 bits per heavy atom. The molecule has 0 atom stereocenters. The third-order valence-corrected chi connectivity index (χ3v) is 3.42. The maximum Gasteiger partial charge on any atom is 0.277 e. The van der Waals surface area contributed by atoms with Crippen LogP contribution in [0.5, 0.6) is 0 Å². The molecule has 26 heavy (non-hydrogen) atoms. The van der Waals surface area contributed by atoms with Crippen molar-refractivity contribution in [1.82, 2.24) is 5.48 Å². The van der Waals surface area contributed by atoms with E-state index in [-0.39, 0.29) is 24.5 Å². The number of nitrogens with one attached hydrogen (secondary N) is 2. The van der Waals surface area contributed by atoms with Crippen LogP contribution < -0.4 is 16.5 Å². The summed E-state index contributed by atoms with van der Waals surface area (Å²) in [5.74, 6) is -4.15. The van der Waals surface area contributed by atoms with Gasteiger partial charge in [0.25, 0.3) is 5.91 Å². The second kappa shape index (κ2) is 9.18. The zero-order valence-corrected chi connectivity index (χ0v) is 13.7. The number of benzene rings is 2. The molecular formula is C17H18F3N3O3. The lowest BCUT2D eigenvalue weighted by atomic mass is 10.1. The fraction of sp³-hybridized carbons (Fsp3) is 0.235. The molecule has 0 heterocycles. The summed E-state index contributed by atoms with van der Waals surface area (Å²) in [6.07, 6.45) is 0.460. The number of hydrogen-bond acceptors (Lipinski definition) is 5. The Kier molecular flexibility index (Phi) is 6.96. The second-order valence-electron chi connectivity index (χ2n) is 5.27. The molecule has 0 radical (unpaired) electrons. The van der Waals surface area contributed by atoms with Gasteiger partial charge in [-0.05, 0) is 42.8 Å². The molecular weight excluding hydrogens is 351 g/mol. The molecule has 0 bridgehead atoms. The second-order valence-corrected chi connectivity index (χ2v) is 5.27. The van der Waals surface area contributed by atoms with Crippen LogP contribution in [0, 0.1) is 17.5 Å². The molecule has 0 aliphatic rings. The van der Waals surface area contributed by atoms with Gasteiger partial charge in [0.1, 0.15) is 5.82 Å². The number of anilines is 2. The third-order valence-electron chi connectivity index (χ3n) is 3.42. The standard InChI is InChI=1S/C17H18F3N3O3/c18-12-3-2-11(17(25)23-26-8-7-24)16(15(12)20)22-14-4-1-10(5-6-21)9-13(14)19/h1-4,9,22,24H,5-8,21H2,(H,23,25). The first-order valence-corrected chi connectivity index (χ1v) is 7.74. The quantitative estimate of drug-likeness (QED) is 0.422. The van der Waals surface area contributed by atoms with Crippen LogP contribution in [-0.4, -0.2) is 30.8 Å². The number of amides is 1. The Hall–Kier alpha value is -2.62. The summed E-state index contributed by atoms with van der Waals surface area (Å²) in [4.78, 5) is 16.7. The first kappa shape index (κ1) is 19.7. The number of hydroxylamine groups is 1. The van der Waals surface area contributed by atoms with Crippen LogP contribution in [0.15, 0.2) is 30.3 Å². The molecule has 9 heteroatoms. The monoisotopic (exact) mass is 369 g/mol. The van der Waals surface area contributed by atoms with Gasteiger partial charge in [0.05, 0.1) is 30.2 Å². The molecule has 1 amide bonds. The summed E-state index contributed by atoms with van der Waals surface area (Å²) in [6.45, 7) is -0.193. The van der Waals surface area contributed by atoms with E-state index < -0.39 is 29.0 Å². The summed E-state index contributed by atoms with van der Waals surface area (Å²) in [6, 6.07) is 5.94. The lowest BCUT2D eigenvalue weighted by molar-refractivity contribution is 0.0168. The van der Waals surface area contributed by atoms with Crippen molar-refractivity contribution in [3.8, 4) is 0 Å². The Bertz CT molecular complexity index is 787. The van der Waals surface area contributed by atoms with Crippen molar-refractivity contribution in [2.75, 3.05) is 25.1 Å². The third kappa shape index (κ3) is 4.72. The van der Waals surface area contributed by atoms with E-state index in [0.29, 0.717) is 18.5 Å². The summed E-state index contributed by atoms with van der Waals surface area (Å²) in [5, 5.41) is 11.0. The van der Waals surface area contributed by atoms with E-state index in [1.165, 1.54) is 12.1 Å².